The molecule has 21 heavy (non-hydrogen) atoms. The second kappa shape index (κ2) is 5.84. The molecule has 0 atom stereocenters. The van der Waals surface area contributed by atoms with E-state index in [1.165, 1.54) is 29.7 Å². The number of amides is 1. The number of alkyl halides is 3. The summed E-state index contributed by atoms with van der Waals surface area (Å²) in [4.78, 5) is 11.5. The minimum absolute atomic E-state index is 0.109. The zero-order valence-electron chi connectivity index (χ0n) is 10.6. The molecule has 0 aliphatic carbocycles. The maximum Gasteiger partial charge on any atom is 0.416 e. The predicted molar refractivity (Wildman–Crippen MR) is 70.4 cm³/mol. The van der Waals surface area contributed by atoms with Crippen LogP contribution in [0.5, 0.6) is 0 Å². The van der Waals surface area contributed by atoms with Crippen LogP contribution < -0.4 is 10.8 Å². The van der Waals surface area contributed by atoms with Gasteiger partial charge in [-0.1, -0.05) is 18.2 Å². The van der Waals surface area contributed by atoms with E-state index in [-0.39, 0.29) is 16.9 Å². The van der Waals surface area contributed by atoms with Crippen molar-refractivity contribution in [2.24, 2.45) is 0 Å². The number of anilines is 2. The molecule has 0 fully saturated rings. The summed E-state index contributed by atoms with van der Waals surface area (Å²) in [5.41, 5.74) is 1.26. The van der Waals surface area contributed by atoms with Gasteiger partial charge in [0.15, 0.2) is 0 Å². The van der Waals surface area contributed by atoms with E-state index in [0.717, 1.165) is 12.1 Å². The Labute approximate surface area is 118 Å². The van der Waals surface area contributed by atoms with E-state index < -0.39 is 17.6 Å². The van der Waals surface area contributed by atoms with Gasteiger partial charge in [0, 0.05) is 5.69 Å². The summed E-state index contributed by atoms with van der Waals surface area (Å²) >= 11 is 0. The molecule has 0 unspecified atom stereocenters. The highest BCUT2D eigenvalue weighted by molar-refractivity contribution is 5.99. The van der Waals surface area contributed by atoms with E-state index in [4.69, 9.17) is 5.21 Å². The maximum atomic E-state index is 12.6. The average Bonchev–Trinajstić information content (AvgIpc) is 2.46. The number of carbonyl (C=O) groups excluding carboxylic acids is 1. The molecule has 2 rings (SSSR count). The Morgan fingerprint density at radius 3 is 2.43 bits per heavy atom. The quantitative estimate of drug-likeness (QED) is 0.599. The maximum absolute atomic E-state index is 12.6. The second-order valence-corrected chi connectivity index (χ2v) is 4.19. The summed E-state index contributed by atoms with van der Waals surface area (Å²) in [5.74, 6) is -0.759. The van der Waals surface area contributed by atoms with Crippen LogP contribution >= 0.6 is 0 Å². The third-order valence-corrected chi connectivity index (χ3v) is 2.74. The van der Waals surface area contributed by atoms with Crippen LogP contribution in [0.3, 0.4) is 0 Å². The van der Waals surface area contributed by atoms with Gasteiger partial charge in [-0.3, -0.25) is 10.0 Å². The molecule has 0 aliphatic heterocycles. The molecule has 0 saturated carbocycles. The van der Waals surface area contributed by atoms with Gasteiger partial charge >= 0.3 is 6.18 Å². The Morgan fingerprint density at radius 1 is 1.05 bits per heavy atom. The SMILES string of the molecule is O=C(NO)c1ccccc1Nc1cccc(C(F)(F)F)c1. The Kier molecular flexibility index (Phi) is 4.13. The molecule has 0 bridgehead atoms. The summed E-state index contributed by atoms with van der Waals surface area (Å²) in [7, 11) is 0. The minimum Gasteiger partial charge on any atom is -0.355 e. The van der Waals surface area contributed by atoms with Gasteiger partial charge in [0.25, 0.3) is 5.91 Å². The number of hydrogen-bond acceptors (Lipinski definition) is 3. The lowest BCUT2D eigenvalue weighted by Crippen LogP contribution is -2.19. The van der Waals surface area contributed by atoms with Gasteiger partial charge in [-0.2, -0.15) is 13.2 Å². The molecule has 2 aromatic carbocycles. The number of hydroxylamine groups is 1. The van der Waals surface area contributed by atoms with Crippen molar-refractivity contribution in [2.45, 2.75) is 6.18 Å². The van der Waals surface area contributed by atoms with Crippen molar-refractivity contribution in [3.8, 4) is 0 Å². The lowest BCUT2D eigenvalue weighted by molar-refractivity contribution is -0.137. The van der Waals surface area contributed by atoms with Gasteiger partial charge in [0.2, 0.25) is 0 Å². The largest absolute Gasteiger partial charge is 0.416 e. The fourth-order valence-corrected chi connectivity index (χ4v) is 1.78. The van der Waals surface area contributed by atoms with Gasteiger partial charge in [-0.25, -0.2) is 5.48 Å². The summed E-state index contributed by atoms with van der Waals surface area (Å²) in [6.07, 6.45) is -4.44. The van der Waals surface area contributed by atoms with Gasteiger partial charge < -0.3 is 5.32 Å². The number of hydrogen-bond donors (Lipinski definition) is 3. The number of nitrogens with one attached hydrogen (secondary N) is 2. The summed E-state index contributed by atoms with van der Waals surface area (Å²) in [5, 5.41) is 11.4. The van der Waals surface area contributed by atoms with Crippen molar-refractivity contribution >= 4 is 17.3 Å². The first-order valence-corrected chi connectivity index (χ1v) is 5.89. The van der Waals surface area contributed by atoms with E-state index in [0.29, 0.717) is 0 Å². The lowest BCUT2D eigenvalue weighted by atomic mass is 10.1. The molecule has 0 radical (unpaired) electrons. The zero-order valence-corrected chi connectivity index (χ0v) is 10.6. The topological polar surface area (TPSA) is 61.4 Å². The highest BCUT2D eigenvalue weighted by Crippen LogP contribution is 2.31. The molecule has 0 aliphatic rings. The van der Waals surface area contributed by atoms with Crippen LogP contribution in [0, 0.1) is 0 Å². The van der Waals surface area contributed by atoms with Crippen molar-refractivity contribution in [2.75, 3.05) is 5.32 Å². The molecule has 1 amide bonds. The molecule has 0 aromatic heterocycles. The molecule has 3 N–H and O–H groups in total. The van der Waals surface area contributed by atoms with E-state index >= 15 is 0 Å². The van der Waals surface area contributed by atoms with Crippen LogP contribution in [0.4, 0.5) is 24.5 Å². The van der Waals surface area contributed by atoms with Crippen molar-refractivity contribution < 1.29 is 23.2 Å². The highest BCUT2D eigenvalue weighted by Gasteiger charge is 2.30. The second-order valence-electron chi connectivity index (χ2n) is 4.19. The smallest absolute Gasteiger partial charge is 0.355 e. The van der Waals surface area contributed by atoms with E-state index in [1.54, 1.807) is 12.1 Å². The molecule has 0 spiro atoms. The minimum atomic E-state index is -4.44. The molecule has 110 valence electrons. The normalized spacial score (nSPS) is 11.0. The number of carbonyl (C=O) groups is 1. The zero-order chi connectivity index (χ0) is 15.5. The standard InChI is InChI=1S/C14H11F3N2O2/c15-14(16,17)9-4-3-5-10(8-9)18-12-7-2-1-6-11(12)13(20)19-21/h1-8,18,21H,(H,19,20). The molecule has 0 heterocycles. The highest BCUT2D eigenvalue weighted by atomic mass is 19.4. The first-order valence-electron chi connectivity index (χ1n) is 5.89. The van der Waals surface area contributed by atoms with E-state index in [2.05, 4.69) is 5.32 Å². The molecular weight excluding hydrogens is 285 g/mol. The average molecular weight is 296 g/mol. The van der Waals surface area contributed by atoms with E-state index in [9.17, 15) is 18.0 Å². The van der Waals surface area contributed by atoms with Crippen LogP contribution in [0.1, 0.15) is 15.9 Å². The predicted octanol–water partition coefficient (Wildman–Crippen LogP) is 3.57. The van der Waals surface area contributed by atoms with Gasteiger partial charge in [0.05, 0.1) is 16.8 Å². The Hall–Kier alpha value is -2.54. The van der Waals surface area contributed by atoms with Gasteiger partial charge in [-0.05, 0) is 30.3 Å². The third-order valence-electron chi connectivity index (χ3n) is 2.74. The Morgan fingerprint density at radius 2 is 1.76 bits per heavy atom. The van der Waals surface area contributed by atoms with Crippen LogP contribution in [0.15, 0.2) is 48.5 Å². The molecule has 0 saturated heterocycles. The first kappa shape index (κ1) is 14.9. The molecule has 2 aromatic rings. The number of benzene rings is 2. The van der Waals surface area contributed by atoms with Crippen LogP contribution in [-0.4, -0.2) is 11.1 Å². The fraction of sp³-hybridized carbons (Fsp3) is 0.0714. The number of para-hydroxylation sites is 1. The first-order chi connectivity index (χ1) is 9.91. The summed E-state index contributed by atoms with van der Waals surface area (Å²) < 4.78 is 37.9. The lowest BCUT2D eigenvalue weighted by Gasteiger charge is -2.13. The van der Waals surface area contributed by atoms with E-state index in [1.807, 2.05) is 0 Å². The number of rotatable bonds is 3. The third kappa shape index (κ3) is 3.51. The monoisotopic (exact) mass is 296 g/mol. The van der Waals surface area contributed by atoms with Crippen molar-refractivity contribution in [1.82, 2.24) is 5.48 Å². The summed E-state index contributed by atoms with van der Waals surface area (Å²) in [6.45, 7) is 0. The van der Waals surface area contributed by atoms with Crippen molar-refractivity contribution in [1.29, 1.82) is 0 Å². The van der Waals surface area contributed by atoms with Crippen molar-refractivity contribution in [3.05, 3.63) is 59.7 Å². The number of halogens is 3. The van der Waals surface area contributed by atoms with Gasteiger partial charge in [0.1, 0.15) is 0 Å². The molecule has 7 heteroatoms. The van der Waals surface area contributed by atoms with Crippen LogP contribution in [0.2, 0.25) is 0 Å². The Balaban J connectivity index is 2.33. The van der Waals surface area contributed by atoms with Gasteiger partial charge in [-0.15, -0.1) is 0 Å². The van der Waals surface area contributed by atoms with Crippen LogP contribution in [-0.2, 0) is 6.18 Å². The summed E-state index contributed by atoms with van der Waals surface area (Å²) in [6, 6.07) is 10.7. The Bertz CT molecular complexity index is 657. The fourth-order valence-electron chi connectivity index (χ4n) is 1.78. The molecule has 4 nitrogen and oxygen atoms in total. The molecular formula is C14H11F3N2O2. The van der Waals surface area contributed by atoms with Crippen LogP contribution in [0.25, 0.3) is 0 Å². The van der Waals surface area contributed by atoms with Crippen molar-refractivity contribution in [3.63, 3.8) is 0 Å².